The van der Waals surface area contributed by atoms with Crippen molar-refractivity contribution in [3.8, 4) is 11.5 Å². The summed E-state index contributed by atoms with van der Waals surface area (Å²) in [6.07, 6.45) is 1.89. The van der Waals surface area contributed by atoms with E-state index in [1.54, 1.807) is 6.07 Å². The SMILES string of the molecule is CCOc1ccc(OCCCCOCc2ccccc2)c(N)c1. The average Bonchev–Trinajstić information content (AvgIpc) is 2.57. The Hall–Kier alpha value is -2.20. The summed E-state index contributed by atoms with van der Waals surface area (Å²) in [6.45, 7) is 4.60. The van der Waals surface area contributed by atoms with Crippen molar-refractivity contribution in [3.05, 3.63) is 54.1 Å². The van der Waals surface area contributed by atoms with E-state index in [4.69, 9.17) is 19.9 Å². The van der Waals surface area contributed by atoms with Crippen LogP contribution in [0.2, 0.25) is 0 Å². The first kappa shape index (κ1) is 17.2. The van der Waals surface area contributed by atoms with Gasteiger partial charge in [-0.15, -0.1) is 0 Å². The number of benzene rings is 2. The summed E-state index contributed by atoms with van der Waals surface area (Å²) in [6, 6.07) is 15.7. The molecule has 0 amide bonds. The summed E-state index contributed by atoms with van der Waals surface area (Å²) in [5.41, 5.74) is 7.76. The van der Waals surface area contributed by atoms with Crippen molar-refractivity contribution in [2.45, 2.75) is 26.4 Å². The van der Waals surface area contributed by atoms with Crippen LogP contribution in [0.5, 0.6) is 11.5 Å². The molecule has 4 nitrogen and oxygen atoms in total. The maximum absolute atomic E-state index is 5.95. The highest BCUT2D eigenvalue weighted by atomic mass is 16.5. The van der Waals surface area contributed by atoms with Gasteiger partial charge in [0.25, 0.3) is 0 Å². The van der Waals surface area contributed by atoms with Crippen molar-refractivity contribution >= 4 is 5.69 Å². The second-order valence-electron chi connectivity index (χ2n) is 5.23. The van der Waals surface area contributed by atoms with Gasteiger partial charge in [-0.1, -0.05) is 30.3 Å². The van der Waals surface area contributed by atoms with Crippen LogP contribution in [0.1, 0.15) is 25.3 Å². The standard InChI is InChI=1S/C19H25NO3/c1-2-22-17-10-11-19(18(20)14-17)23-13-7-6-12-21-15-16-8-4-3-5-9-16/h3-5,8-11,14H,2,6-7,12-13,15,20H2,1H3. The first-order valence-corrected chi connectivity index (χ1v) is 8.06. The van der Waals surface area contributed by atoms with Crippen LogP contribution in [0.25, 0.3) is 0 Å². The Morgan fingerprint density at radius 2 is 1.70 bits per heavy atom. The largest absolute Gasteiger partial charge is 0.494 e. The minimum absolute atomic E-state index is 0.608. The summed E-state index contributed by atoms with van der Waals surface area (Å²) in [5, 5.41) is 0. The molecule has 0 bridgehead atoms. The molecule has 2 aromatic carbocycles. The Balaban J connectivity index is 1.58. The van der Waals surface area contributed by atoms with Crippen LogP contribution in [0.15, 0.2) is 48.5 Å². The van der Waals surface area contributed by atoms with Crippen LogP contribution < -0.4 is 15.2 Å². The van der Waals surface area contributed by atoms with E-state index in [0.717, 1.165) is 25.2 Å². The summed E-state index contributed by atoms with van der Waals surface area (Å²) >= 11 is 0. The van der Waals surface area contributed by atoms with Crippen molar-refractivity contribution in [3.63, 3.8) is 0 Å². The lowest BCUT2D eigenvalue weighted by Crippen LogP contribution is -2.03. The zero-order chi connectivity index (χ0) is 16.3. The second kappa shape index (κ2) is 9.74. The van der Waals surface area contributed by atoms with E-state index in [1.807, 2.05) is 37.3 Å². The molecule has 0 heterocycles. The third kappa shape index (κ3) is 6.20. The first-order valence-electron chi connectivity index (χ1n) is 8.06. The molecule has 0 aliphatic rings. The molecule has 0 aliphatic carbocycles. The topological polar surface area (TPSA) is 53.7 Å². The zero-order valence-corrected chi connectivity index (χ0v) is 13.7. The highest BCUT2D eigenvalue weighted by molar-refractivity contribution is 5.56. The van der Waals surface area contributed by atoms with Gasteiger partial charge in [0.05, 0.1) is 25.5 Å². The summed E-state index contributed by atoms with van der Waals surface area (Å²) < 4.78 is 16.7. The monoisotopic (exact) mass is 315 g/mol. The predicted octanol–water partition coefficient (Wildman–Crippen LogP) is 4.04. The maximum Gasteiger partial charge on any atom is 0.142 e. The van der Waals surface area contributed by atoms with E-state index in [1.165, 1.54) is 5.56 Å². The molecule has 0 unspecified atom stereocenters. The second-order valence-corrected chi connectivity index (χ2v) is 5.23. The molecule has 0 aromatic heterocycles. The molecule has 4 heteroatoms. The molecule has 0 fully saturated rings. The van der Waals surface area contributed by atoms with Gasteiger partial charge < -0.3 is 19.9 Å². The van der Waals surface area contributed by atoms with Crippen molar-refractivity contribution in [1.82, 2.24) is 0 Å². The fourth-order valence-corrected chi connectivity index (χ4v) is 2.17. The number of hydrogen-bond donors (Lipinski definition) is 1. The number of rotatable bonds is 10. The van der Waals surface area contributed by atoms with Gasteiger partial charge in [0.2, 0.25) is 0 Å². The molecule has 0 spiro atoms. The van der Waals surface area contributed by atoms with Crippen molar-refractivity contribution < 1.29 is 14.2 Å². The molecule has 0 aliphatic heterocycles. The minimum Gasteiger partial charge on any atom is -0.494 e. The molecule has 0 saturated carbocycles. The number of anilines is 1. The van der Waals surface area contributed by atoms with Crippen LogP contribution in [0, 0.1) is 0 Å². The van der Waals surface area contributed by atoms with Crippen molar-refractivity contribution in [1.29, 1.82) is 0 Å². The van der Waals surface area contributed by atoms with Gasteiger partial charge in [0, 0.05) is 12.7 Å². The Labute approximate surface area is 138 Å². The van der Waals surface area contributed by atoms with Crippen LogP contribution in [-0.4, -0.2) is 19.8 Å². The number of hydrogen-bond acceptors (Lipinski definition) is 4. The molecule has 2 aromatic rings. The zero-order valence-electron chi connectivity index (χ0n) is 13.7. The van der Waals surface area contributed by atoms with E-state index in [2.05, 4.69) is 12.1 Å². The Morgan fingerprint density at radius 1 is 0.913 bits per heavy atom. The Kier molecular flexibility index (Phi) is 7.27. The van der Waals surface area contributed by atoms with E-state index >= 15 is 0 Å². The summed E-state index contributed by atoms with van der Waals surface area (Å²) in [7, 11) is 0. The normalized spacial score (nSPS) is 10.5. The van der Waals surface area contributed by atoms with Gasteiger partial charge in [-0.05, 0) is 37.5 Å². The molecule has 0 saturated heterocycles. The fraction of sp³-hybridized carbons (Fsp3) is 0.368. The van der Waals surface area contributed by atoms with Gasteiger partial charge in [-0.3, -0.25) is 0 Å². The predicted molar refractivity (Wildman–Crippen MR) is 92.9 cm³/mol. The van der Waals surface area contributed by atoms with Gasteiger partial charge in [0.1, 0.15) is 11.5 Å². The molecule has 0 radical (unpaired) electrons. The smallest absolute Gasteiger partial charge is 0.142 e. The molecule has 124 valence electrons. The lowest BCUT2D eigenvalue weighted by atomic mass is 10.2. The number of ether oxygens (including phenoxy) is 3. The number of unbranched alkanes of at least 4 members (excludes halogenated alkanes) is 1. The van der Waals surface area contributed by atoms with Crippen LogP contribution in [0.3, 0.4) is 0 Å². The summed E-state index contributed by atoms with van der Waals surface area (Å²) in [4.78, 5) is 0. The Morgan fingerprint density at radius 3 is 2.43 bits per heavy atom. The van der Waals surface area contributed by atoms with Gasteiger partial charge in [0.15, 0.2) is 0 Å². The third-order valence-corrected chi connectivity index (χ3v) is 3.34. The number of nitrogens with two attached hydrogens (primary N) is 1. The van der Waals surface area contributed by atoms with E-state index in [0.29, 0.717) is 31.3 Å². The lowest BCUT2D eigenvalue weighted by molar-refractivity contribution is 0.113. The maximum atomic E-state index is 5.95. The van der Waals surface area contributed by atoms with Crippen molar-refractivity contribution in [2.75, 3.05) is 25.6 Å². The van der Waals surface area contributed by atoms with Gasteiger partial charge in [-0.2, -0.15) is 0 Å². The highest BCUT2D eigenvalue weighted by Crippen LogP contribution is 2.26. The van der Waals surface area contributed by atoms with Crippen LogP contribution >= 0.6 is 0 Å². The fourth-order valence-electron chi connectivity index (χ4n) is 2.17. The van der Waals surface area contributed by atoms with E-state index < -0.39 is 0 Å². The first-order chi connectivity index (χ1) is 11.3. The molecule has 2 rings (SSSR count). The molecular formula is C19H25NO3. The summed E-state index contributed by atoms with van der Waals surface area (Å²) in [5.74, 6) is 1.48. The van der Waals surface area contributed by atoms with Crippen LogP contribution in [0.4, 0.5) is 5.69 Å². The average molecular weight is 315 g/mol. The molecule has 23 heavy (non-hydrogen) atoms. The number of nitrogen functional groups attached to an aromatic ring is 1. The molecular weight excluding hydrogens is 290 g/mol. The molecule has 2 N–H and O–H groups in total. The lowest BCUT2D eigenvalue weighted by Gasteiger charge is -2.11. The quantitative estimate of drug-likeness (QED) is 0.531. The Bertz CT molecular complexity index is 572. The molecule has 0 atom stereocenters. The van der Waals surface area contributed by atoms with Gasteiger partial charge >= 0.3 is 0 Å². The van der Waals surface area contributed by atoms with Gasteiger partial charge in [-0.25, -0.2) is 0 Å². The van der Waals surface area contributed by atoms with Crippen molar-refractivity contribution in [2.24, 2.45) is 0 Å². The third-order valence-electron chi connectivity index (χ3n) is 3.34. The van der Waals surface area contributed by atoms with E-state index in [-0.39, 0.29) is 0 Å². The van der Waals surface area contributed by atoms with E-state index in [9.17, 15) is 0 Å². The highest BCUT2D eigenvalue weighted by Gasteiger charge is 2.02. The van der Waals surface area contributed by atoms with Crippen LogP contribution in [-0.2, 0) is 11.3 Å². The minimum atomic E-state index is 0.608.